The maximum atomic E-state index is 13.1. The average Bonchev–Trinajstić information content (AvgIpc) is 3.71. The molecule has 1 aromatic heterocycles. The van der Waals surface area contributed by atoms with Gasteiger partial charge in [0, 0.05) is 49.9 Å². The highest BCUT2D eigenvalue weighted by molar-refractivity contribution is 5.96. The van der Waals surface area contributed by atoms with E-state index in [1.165, 1.54) is 12.1 Å². The zero-order valence-electron chi connectivity index (χ0n) is 24.9. The number of aliphatic hydroxyl groups is 2. The lowest BCUT2D eigenvalue weighted by atomic mass is 9.79. The van der Waals surface area contributed by atoms with Gasteiger partial charge in [0.15, 0.2) is 0 Å². The molecule has 1 saturated carbocycles. The number of carbonyl (C=O) groups is 2. The van der Waals surface area contributed by atoms with E-state index >= 15 is 0 Å². The maximum absolute atomic E-state index is 13.1. The topological polar surface area (TPSA) is 109 Å². The minimum Gasteiger partial charge on any atom is -0.388 e. The fraction of sp³-hybridized carbons (Fsp3) is 0.594. The highest BCUT2D eigenvalue weighted by atomic mass is 19.4. The van der Waals surface area contributed by atoms with E-state index in [-0.39, 0.29) is 30.1 Å². The molecule has 3 N–H and O–H groups in total. The number of aromatic nitrogens is 1. The Kier molecular flexibility index (Phi) is 8.13. The Labute approximate surface area is 255 Å². The van der Waals surface area contributed by atoms with Crippen LogP contribution in [0.15, 0.2) is 42.6 Å². The van der Waals surface area contributed by atoms with Crippen LogP contribution in [0.1, 0.15) is 73.5 Å². The molecule has 3 aliphatic heterocycles. The molecule has 2 amide bonds. The van der Waals surface area contributed by atoms with Crippen LogP contribution >= 0.6 is 0 Å². The standard InChI is InChI=1S/C32H40F3N5O4/c1-30(43)13-16-38(20-30)24-5-6-27(36-18-24)31(44)11-7-23(8-12-31)39-14-9-26-25(39)10-15-40(26)28(41)19-37-29(42)21-3-2-4-22(17-21)32(33,34)35/h2-6,17-18,23,25-26,43-44H,7-16,19-20H2,1H3,(H,37,42)/t23?,25?,26?,30-,31?/m0/s1. The minimum atomic E-state index is -4.55. The number of β-amino-alcohol motifs (C(OH)–C–C–N with tert-alkyl or cyclic N) is 1. The molecule has 1 aliphatic carbocycles. The minimum absolute atomic E-state index is 0.0364. The second kappa shape index (κ2) is 11.6. The summed E-state index contributed by atoms with van der Waals surface area (Å²) in [5.41, 5.74) is -1.10. The Balaban J connectivity index is 1.00. The van der Waals surface area contributed by atoms with Gasteiger partial charge in [-0.2, -0.15) is 13.2 Å². The fourth-order valence-electron chi connectivity index (χ4n) is 7.66. The molecule has 6 rings (SSSR count). The Morgan fingerprint density at radius 2 is 1.75 bits per heavy atom. The molecule has 9 nitrogen and oxygen atoms in total. The number of rotatable bonds is 6. The van der Waals surface area contributed by atoms with E-state index in [0.29, 0.717) is 44.1 Å². The summed E-state index contributed by atoms with van der Waals surface area (Å²) in [4.78, 5) is 36.6. The number of nitrogens with one attached hydrogen (secondary N) is 1. The van der Waals surface area contributed by atoms with Crippen molar-refractivity contribution in [1.29, 1.82) is 0 Å². The second-order valence-corrected chi connectivity index (χ2v) is 13.1. The number of anilines is 1. The molecule has 44 heavy (non-hydrogen) atoms. The van der Waals surface area contributed by atoms with Crippen molar-refractivity contribution < 1.29 is 33.0 Å². The van der Waals surface area contributed by atoms with Gasteiger partial charge in [-0.15, -0.1) is 0 Å². The third-order valence-electron chi connectivity index (χ3n) is 10.1. The summed E-state index contributed by atoms with van der Waals surface area (Å²) in [5, 5.41) is 24.3. The van der Waals surface area contributed by atoms with Gasteiger partial charge in [0.1, 0.15) is 5.60 Å². The van der Waals surface area contributed by atoms with Crippen LogP contribution in [-0.4, -0.2) is 93.3 Å². The molecule has 0 bridgehead atoms. The SMILES string of the molecule is C[C@]1(O)CCN(c2ccc(C3(O)CCC(N4CCC5C4CCN5C(=O)CNC(=O)c4cccc(C(F)(F)F)c4)CC3)nc2)C1. The first-order chi connectivity index (χ1) is 20.8. The molecule has 3 saturated heterocycles. The van der Waals surface area contributed by atoms with Crippen LogP contribution in [0.3, 0.4) is 0 Å². The molecule has 4 aliphatic rings. The molecular weight excluding hydrogens is 575 g/mol. The van der Waals surface area contributed by atoms with E-state index in [1.807, 2.05) is 24.0 Å². The van der Waals surface area contributed by atoms with E-state index < -0.39 is 28.8 Å². The fourth-order valence-corrected chi connectivity index (χ4v) is 7.66. The molecular formula is C32H40F3N5O4. The number of fused-ring (bicyclic) bond motifs is 1. The van der Waals surface area contributed by atoms with Crippen molar-refractivity contribution in [3.8, 4) is 0 Å². The molecule has 2 unspecified atom stereocenters. The predicted molar refractivity (Wildman–Crippen MR) is 157 cm³/mol. The van der Waals surface area contributed by atoms with Gasteiger partial charge < -0.3 is 25.3 Å². The lowest BCUT2D eigenvalue weighted by Crippen LogP contribution is -2.47. The highest BCUT2D eigenvalue weighted by Crippen LogP contribution is 2.42. The number of hydrogen-bond acceptors (Lipinski definition) is 7. The number of carbonyl (C=O) groups excluding carboxylic acids is 2. The lowest BCUT2D eigenvalue weighted by molar-refractivity contribution is -0.137. The van der Waals surface area contributed by atoms with Gasteiger partial charge in [0.05, 0.1) is 35.3 Å². The van der Waals surface area contributed by atoms with Gasteiger partial charge in [0.25, 0.3) is 5.91 Å². The number of likely N-dealkylation sites (tertiary alicyclic amines) is 2. The van der Waals surface area contributed by atoms with Crippen molar-refractivity contribution in [3.05, 3.63) is 59.4 Å². The van der Waals surface area contributed by atoms with Crippen LogP contribution in [0, 0.1) is 0 Å². The van der Waals surface area contributed by atoms with Crippen LogP contribution in [-0.2, 0) is 16.6 Å². The van der Waals surface area contributed by atoms with Crippen molar-refractivity contribution in [1.82, 2.24) is 20.1 Å². The second-order valence-electron chi connectivity index (χ2n) is 13.1. The molecule has 1 aromatic carbocycles. The van der Waals surface area contributed by atoms with Gasteiger partial charge in [0.2, 0.25) is 5.91 Å². The molecule has 238 valence electrons. The number of pyridine rings is 1. The molecule has 0 radical (unpaired) electrons. The van der Waals surface area contributed by atoms with Crippen molar-refractivity contribution in [3.63, 3.8) is 0 Å². The Morgan fingerprint density at radius 3 is 2.41 bits per heavy atom. The number of hydrogen-bond donors (Lipinski definition) is 3. The average molecular weight is 616 g/mol. The van der Waals surface area contributed by atoms with Gasteiger partial charge in [-0.25, -0.2) is 0 Å². The zero-order valence-corrected chi connectivity index (χ0v) is 24.9. The van der Waals surface area contributed by atoms with E-state index in [0.717, 1.165) is 56.6 Å². The Bertz CT molecular complexity index is 1380. The first kappa shape index (κ1) is 30.8. The molecule has 3 atom stereocenters. The van der Waals surface area contributed by atoms with Gasteiger partial charge >= 0.3 is 6.18 Å². The summed E-state index contributed by atoms with van der Waals surface area (Å²) in [6, 6.07) is 8.60. The number of alkyl halides is 3. The summed E-state index contributed by atoms with van der Waals surface area (Å²) in [6.07, 6.45) is 2.43. The molecule has 12 heteroatoms. The maximum Gasteiger partial charge on any atom is 0.416 e. The number of amides is 2. The normalized spacial score (nSPS) is 30.9. The highest BCUT2D eigenvalue weighted by Gasteiger charge is 2.48. The van der Waals surface area contributed by atoms with Crippen LogP contribution in [0.25, 0.3) is 0 Å². The lowest BCUT2D eigenvalue weighted by Gasteiger charge is -2.41. The van der Waals surface area contributed by atoms with Crippen molar-refractivity contribution in [2.75, 3.05) is 37.6 Å². The van der Waals surface area contributed by atoms with Crippen LogP contribution < -0.4 is 10.2 Å². The van der Waals surface area contributed by atoms with Crippen LogP contribution in [0.5, 0.6) is 0 Å². The van der Waals surface area contributed by atoms with E-state index in [4.69, 9.17) is 0 Å². The summed E-state index contributed by atoms with van der Waals surface area (Å²) in [5.74, 6) is -0.943. The van der Waals surface area contributed by atoms with E-state index in [9.17, 15) is 33.0 Å². The smallest absolute Gasteiger partial charge is 0.388 e. The van der Waals surface area contributed by atoms with Crippen LogP contribution in [0.4, 0.5) is 18.9 Å². The third-order valence-corrected chi connectivity index (χ3v) is 10.1. The summed E-state index contributed by atoms with van der Waals surface area (Å²) in [6.45, 7) is 4.34. The quantitative estimate of drug-likeness (QED) is 0.458. The molecule has 2 aromatic rings. The van der Waals surface area contributed by atoms with E-state index in [1.54, 1.807) is 6.20 Å². The number of nitrogens with zero attached hydrogens (tertiary/aromatic N) is 4. The van der Waals surface area contributed by atoms with Crippen molar-refractivity contribution >= 4 is 17.5 Å². The number of benzene rings is 1. The summed E-state index contributed by atoms with van der Waals surface area (Å²) >= 11 is 0. The number of halogens is 3. The first-order valence-corrected chi connectivity index (χ1v) is 15.5. The first-order valence-electron chi connectivity index (χ1n) is 15.5. The van der Waals surface area contributed by atoms with Crippen molar-refractivity contribution in [2.45, 2.75) is 87.4 Å². The van der Waals surface area contributed by atoms with Crippen LogP contribution in [0.2, 0.25) is 0 Å². The third kappa shape index (κ3) is 6.16. The summed E-state index contributed by atoms with van der Waals surface area (Å²) in [7, 11) is 0. The Morgan fingerprint density at radius 1 is 1.00 bits per heavy atom. The van der Waals surface area contributed by atoms with Gasteiger partial charge in [-0.3, -0.25) is 19.5 Å². The Hall–Kier alpha value is -3.22. The van der Waals surface area contributed by atoms with E-state index in [2.05, 4.69) is 20.1 Å². The summed E-state index contributed by atoms with van der Waals surface area (Å²) < 4.78 is 39.1. The molecule has 4 heterocycles. The largest absolute Gasteiger partial charge is 0.416 e. The van der Waals surface area contributed by atoms with Gasteiger partial charge in [-0.1, -0.05) is 6.07 Å². The zero-order chi connectivity index (χ0) is 31.3. The molecule has 0 spiro atoms. The predicted octanol–water partition coefficient (Wildman–Crippen LogP) is 3.30. The van der Waals surface area contributed by atoms with Crippen molar-refractivity contribution in [2.24, 2.45) is 0 Å². The monoisotopic (exact) mass is 615 g/mol. The van der Waals surface area contributed by atoms with Gasteiger partial charge in [-0.05, 0) is 82.2 Å². The molecule has 4 fully saturated rings.